The first-order valence-electron chi connectivity index (χ1n) is 12.6. The third-order valence-electron chi connectivity index (χ3n) is 7.87. The second kappa shape index (κ2) is 10.8. The lowest BCUT2D eigenvalue weighted by molar-refractivity contribution is -0.128. The second-order valence-corrected chi connectivity index (χ2v) is 10.5. The molecule has 0 saturated heterocycles. The highest BCUT2D eigenvalue weighted by molar-refractivity contribution is 5.65. The summed E-state index contributed by atoms with van der Waals surface area (Å²) in [7, 11) is 0. The van der Waals surface area contributed by atoms with E-state index in [4.69, 9.17) is 4.74 Å². The quantitative estimate of drug-likeness (QED) is 0.361. The molecule has 0 bridgehead atoms. The fraction of sp³-hybridized carbons (Fsp3) is 0.571. The summed E-state index contributed by atoms with van der Waals surface area (Å²) in [6.07, 6.45) is 3.51. The van der Waals surface area contributed by atoms with Crippen LogP contribution in [0.15, 0.2) is 30.3 Å². The zero-order chi connectivity index (χ0) is 25.2. The van der Waals surface area contributed by atoms with Crippen molar-refractivity contribution in [1.29, 1.82) is 0 Å². The SMILES string of the molecule is CC1CCC(C2CCC(COc3ccc(-c4cc(F)c(CC(F)(F)F)c(F)c4)c(F)c3)CC2)CC1. The molecule has 2 aliphatic rings. The van der Waals surface area contributed by atoms with E-state index in [1.54, 1.807) is 0 Å². The smallest absolute Gasteiger partial charge is 0.393 e. The van der Waals surface area contributed by atoms with Crippen molar-refractivity contribution in [3.8, 4) is 16.9 Å². The van der Waals surface area contributed by atoms with Gasteiger partial charge in [0.05, 0.1) is 13.0 Å². The molecule has 2 aromatic carbocycles. The molecule has 0 spiro atoms. The van der Waals surface area contributed by atoms with Gasteiger partial charge in [-0.3, -0.25) is 0 Å². The van der Waals surface area contributed by atoms with E-state index in [-0.39, 0.29) is 11.1 Å². The van der Waals surface area contributed by atoms with Crippen LogP contribution in [0.2, 0.25) is 0 Å². The molecular formula is C28H32F6O. The summed E-state index contributed by atoms with van der Waals surface area (Å²) in [5.41, 5.74) is -1.34. The van der Waals surface area contributed by atoms with E-state index in [9.17, 15) is 26.3 Å². The molecule has 35 heavy (non-hydrogen) atoms. The van der Waals surface area contributed by atoms with Gasteiger partial charge in [-0.05, 0) is 92.0 Å². The van der Waals surface area contributed by atoms with Crippen LogP contribution in [0, 0.1) is 41.1 Å². The van der Waals surface area contributed by atoms with Gasteiger partial charge in [-0.2, -0.15) is 13.2 Å². The van der Waals surface area contributed by atoms with E-state index < -0.39 is 35.6 Å². The monoisotopic (exact) mass is 498 g/mol. The predicted molar refractivity (Wildman–Crippen MR) is 124 cm³/mol. The van der Waals surface area contributed by atoms with Gasteiger partial charge in [-0.25, -0.2) is 13.2 Å². The summed E-state index contributed by atoms with van der Waals surface area (Å²) in [5.74, 6) is -0.198. The van der Waals surface area contributed by atoms with Gasteiger partial charge >= 0.3 is 6.18 Å². The molecule has 0 aromatic heterocycles. The van der Waals surface area contributed by atoms with Crippen molar-refractivity contribution in [3.63, 3.8) is 0 Å². The summed E-state index contributed by atoms with van der Waals surface area (Å²) >= 11 is 0. The van der Waals surface area contributed by atoms with Crippen LogP contribution in [0.1, 0.15) is 63.9 Å². The Hall–Kier alpha value is -2.18. The summed E-state index contributed by atoms with van der Waals surface area (Å²) in [4.78, 5) is 0. The Morgan fingerprint density at radius 2 is 1.34 bits per heavy atom. The summed E-state index contributed by atoms with van der Waals surface area (Å²) in [6.45, 7) is 2.83. The normalized spacial score (nSPS) is 25.5. The van der Waals surface area contributed by atoms with Crippen LogP contribution in [-0.4, -0.2) is 12.8 Å². The first kappa shape index (κ1) is 25.9. The number of rotatable bonds is 6. The maximum atomic E-state index is 14.7. The zero-order valence-corrected chi connectivity index (χ0v) is 19.9. The highest BCUT2D eigenvalue weighted by Crippen LogP contribution is 2.41. The van der Waals surface area contributed by atoms with E-state index in [0.717, 1.165) is 48.8 Å². The fourth-order valence-corrected chi connectivity index (χ4v) is 5.75. The number of halogens is 6. The third-order valence-corrected chi connectivity index (χ3v) is 7.87. The maximum absolute atomic E-state index is 14.7. The third kappa shape index (κ3) is 6.73. The molecule has 2 saturated carbocycles. The Bertz CT molecular complexity index is 978. The Kier molecular flexibility index (Phi) is 8.02. The molecule has 0 heterocycles. The van der Waals surface area contributed by atoms with Gasteiger partial charge in [-0.1, -0.05) is 19.8 Å². The van der Waals surface area contributed by atoms with Crippen LogP contribution < -0.4 is 4.74 Å². The number of hydrogen-bond donors (Lipinski definition) is 0. The van der Waals surface area contributed by atoms with Crippen molar-refractivity contribution in [3.05, 3.63) is 53.3 Å². The molecule has 7 heteroatoms. The zero-order valence-electron chi connectivity index (χ0n) is 19.9. The average molecular weight is 499 g/mol. The molecule has 1 nitrogen and oxygen atoms in total. The lowest BCUT2D eigenvalue weighted by Gasteiger charge is -2.37. The first-order chi connectivity index (χ1) is 16.6. The van der Waals surface area contributed by atoms with Crippen molar-refractivity contribution in [2.24, 2.45) is 23.7 Å². The molecule has 4 rings (SSSR count). The fourth-order valence-electron chi connectivity index (χ4n) is 5.75. The van der Waals surface area contributed by atoms with Crippen molar-refractivity contribution in [1.82, 2.24) is 0 Å². The van der Waals surface area contributed by atoms with Crippen molar-refractivity contribution >= 4 is 0 Å². The largest absolute Gasteiger partial charge is 0.493 e. The number of ether oxygens (including phenoxy) is 1. The Morgan fingerprint density at radius 1 is 0.771 bits per heavy atom. The molecule has 2 fully saturated rings. The van der Waals surface area contributed by atoms with Crippen molar-refractivity contribution in [2.75, 3.05) is 6.61 Å². The molecule has 192 valence electrons. The van der Waals surface area contributed by atoms with Crippen LogP contribution in [0.4, 0.5) is 26.3 Å². The van der Waals surface area contributed by atoms with Crippen LogP contribution >= 0.6 is 0 Å². The van der Waals surface area contributed by atoms with E-state index in [1.165, 1.54) is 50.7 Å². The van der Waals surface area contributed by atoms with E-state index in [0.29, 0.717) is 18.3 Å². The van der Waals surface area contributed by atoms with Crippen LogP contribution in [0.25, 0.3) is 11.1 Å². The van der Waals surface area contributed by atoms with Crippen LogP contribution in [-0.2, 0) is 6.42 Å². The van der Waals surface area contributed by atoms with Gasteiger partial charge in [0.1, 0.15) is 23.2 Å². The Balaban J connectivity index is 1.33. The van der Waals surface area contributed by atoms with E-state index >= 15 is 0 Å². The lowest BCUT2D eigenvalue weighted by atomic mass is 9.69. The van der Waals surface area contributed by atoms with Crippen LogP contribution in [0.3, 0.4) is 0 Å². The number of hydrogen-bond acceptors (Lipinski definition) is 1. The minimum Gasteiger partial charge on any atom is -0.493 e. The van der Waals surface area contributed by atoms with Gasteiger partial charge in [0.2, 0.25) is 0 Å². The molecule has 0 atom stereocenters. The molecule has 0 N–H and O–H groups in total. The molecule has 2 aliphatic carbocycles. The summed E-state index contributed by atoms with van der Waals surface area (Å²) in [5, 5.41) is 0. The summed E-state index contributed by atoms with van der Waals surface area (Å²) < 4.78 is 86.5. The highest BCUT2D eigenvalue weighted by Gasteiger charge is 2.32. The number of alkyl halides is 3. The first-order valence-corrected chi connectivity index (χ1v) is 12.6. The summed E-state index contributed by atoms with van der Waals surface area (Å²) in [6, 6.07) is 5.47. The average Bonchev–Trinajstić information content (AvgIpc) is 2.80. The minimum atomic E-state index is -4.75. The van der Waals surface area contributed by atoms with E-state index in [1.807, 2.05) is 0 Å². The minimum absolute atomic E-state index is 0.101. The molecule has 0 radical (unpaired) electrons. The highest BCUT2D eigenvalue weighted by atomic mass is 19.4. The lowest BCUT2D eigenvalue weighted by Crippen LogP contribution is -2.27. The molecule has 0 amide bonds. The Labute approximate surface area is 202 Å². The van der Waals surface area contributed by atoms with Gasteiger partial charge in [-0.15, -0.1) is 0 Å². The van der Waals surface area contributed by atoms with Gasteiger partial charge in [0, 0.05) is 17.2 Å². The molecule has 0 unspecified atom stereocenters. The predicted octanol–water partition coefficient (Wildman–Crippen LogP) is 8.89. The van der Waals surface area contributed by atoms with Gasteiger partial charge in [0.15, 0.2) is 0 Å². The Morgan fingerprint density at radius 3 is 1.89 bits per heavy atom. The van der Waals surface area contributed by atoms with Crippen LogP contribution in [0.5, 0.6) is 5.75 Å². The van der Waals surface area contributed by atoms with Crippen molar-refractivity contribution < 1.29 is 31.1 Å². The molecule has 2 aromatic rings. The molecule has 0 aliphatic heterocycles. The van der Waals surface area contributed by atoms with Crippen molar-refractivity contribution in [2.45, 2.75) is 70.9 Å². The van der Waals surface area contributed by atoms with Gasteiger partial charge < -0.3 is 4.74 Å². The topological polar surface area (TPSA) is 9.23 Å². The maximum Gasteiger partial charge on any atom is 0.393 e. The number of benzene rings is 2. The van der Waals surface area contributed by atoms with Gasteiger partial charge in [0.25, 0.3) is 0 Å². The second-order valence-electron chi connectivity index (χ2n) is 10.5. The standard InChI is InChI=1S/C28H32F6O/c1-17-2-6-19(7-3-17)20-8-4-18(5-9-20)16-35-22-10-11-23(27(31)14-22)21-12-25(29)24(26(30)13-21)15-28(32,33)34/h10-14,17-20H,2-9,15-16H2,1H3. The van der Waals surface area contributed by atoms with E-state index in [2.05, 4.69) is 6.92 Å². The molecular weight excluding hydrogens is 466 g/mol.